The lowest BCUT2D eigenvalue weighted by molar-refractivity contribution is 0.0886. The van der Waals surface area contributed by atoms with Gasteiger partial charge in [0.15, 0.2) is 0 Å². The number of halogens is 1. The van der Waals surface area contributed by atoms with Crippen molar-refractivity contribution in [3.8, 4) is 0 Å². The highest BCUT2D eigenvalue weighted by Gasteiger charge is 2.27. The fraction of sp³-hybridized carbons (Fsp3) is 0.471. The summed E-state index contributed by atoms with van der Waals surface area (Å²) in [6.45, 7) is 4.02. The molecule has 1 heterocycles. The van der Waals surface area contributed by atoms with Crippen LogP contribution in [0.25, 0.3) is 10.1 Å². The molecular weight excluding hydrogens is 317 g/mol. The van der Waals surface area contributed by atoms with Gasteiger partial charge in [-0.15, -0.1) is 11.3 Å². The zero-order chi connectivity index (χ0) is 17.0. The number of ether oxygens (including phenoxy) is 1. The second-order valence-corrected chi connectivity index (χ2v) is 6.85. The van der Waals surface area contributed by atoms with Crippen molar-refractivity contribution in [1.82, 2.24) is 5.32 Å². The predicted octanol–water partition coefficient (Wildman–Crippen LogP) is 3.47. The molecule has 1 aromatic heterocycles. The van der Waals surface area contributed by atoms with E-state index in [0.29, 0.717) is 28.7 Å². The maximum atomic E-state index is 14.2. The predicted molar refractivity (Wildman–Crippen MR) is 90.4 cm³/mol. The molecule has 0 radical (unpaired) electrons. The number of fused-ring (bicyclic) bond motifs is 1. The van der Waals surface area contributed by atoms with Gasteiger partial charge in [-0.05, 0) is 31.9 Å². The standard InChI is InChI=1S/C17H22FNO3S/c1-4-17(2,8-9-20)19-16(21)15-11(10-22-3)14-12(18)6-5-7-13(14)23-15/h5-7,20H,4,8-10H2,1-3H3,(H,19,21). The van der Waals surface area contributed by atoms with Crippen LogP contribution in [-0.2, 0) is 11.3 Å². The van der Waals surface area contributed by atoms with Gasteiger partial charge >= 0.3 is 0 Å². The summed E-state index contributed by atoms with van der Waals surface area (Å²) in [5, 5.41) is 12.6. The molecule has 0 saturated carbocycles. The van der Waals surface area contributed by atoms with Gasteiger partial charge in [-0.25, -0.2) is 4.39 Å². The Kier molecular flexibility index (Phi) is 5.73. The molecule has 0 saturated heterocycles. The maximum absolute atomic E-state index is 14.2. The molecule has 1 unspecified atom stereocenters. The average molecular weight is 339 g/mol. The van der Waals surface area contributed by atoms with E-state index >= 15 is 0 Å². The number of carbonyl (C=O) groups is 1. The van der Waals surface area contributed by atoms with E-state index in [0.717, 1.165) is 4.70 Å². The average Bonchev–Trinajstić information content (AvgIpc) is 2.88. The molecule has 23 heavy (non-hydrogen) atoms. The molecule has 0 aliphatic heterocycles. The molecule has 0 fully saturated rings. The van der Waals surface area contributed by atoms with Gasteiger partial charge in [0.2, 0.25) is 0 Å². The molecular formula is C17H22FNO3S. The lowest BCUT2D eigenvalue weighted by atomic mass is 9.94. The Morgan fingerprint density at radius 1 is 1.48 bits per heavy atom. The number of amides is 1. The van der Waals surface area contributed by atoms with E-state index in [-0.39, 0.29) is 24.9 Å². The first kappa shape index (κ1) is 17.8. The van der Waals surface area contributed by atoms with Crippen LogP contribution in [0.4, 0.5) is 4.39 Å². The van der Waals surface area contributed by atoms with Crippen molar-refractivity contribution >= 4 is 27.3 Å². The number of hydrogen-bond acceptors (Lipinski definition) is 4. The fourth-order valence-corrected chi connectivity index (χ4v) is 3.66. The highest BCUT2D eigenvalue weighted by molar-refractivity contribution is 7.21. The van der Waals surface area contributed by atoms with Gasteiger partial charge in [0.1, 0.15) is 5.82 Å². The van der Waals surface area contributed by atoms with Crippen LogP contribution in [-0.4, -0.2) is 30.3 Å². The van der Waals surface area contributed by atoms with Gasteiger partial charge < -0.3 is 15.2 Å². The van der Waals surface area contributed by atoms with E-state index in [1.807, 2.05) is 13.8 Å². The van der Waals surface area contributed by atoms with Crippen molar-refractivity contribution in [3.63, 3.8) is 0 Å². The van der Waals surface area contributed by atoms with E-state index in [1.54, 1.807) is 12.1 Å². The monoisotopic (exact) mass is 339 g/mol. The minimum Gasteiger partial charge on any atom is -0.396 e. The molecule has 2 rings (SSSR count). The summed E-state index contributed by atoms with van der Waals surface area (Å²) < 4.78 is 20.0. The van der Waals surface area contributed by atoms with Crippen LogP contribution in [0.2, 0.25) is 0 Å². The second-order valence-electron chi connectivity index (χ2n) is 5.80. The first-order valence-corrected chi connectivity index (χ1v) is 8.39. The van der Waals surface area contributed by atoms with Crippen LogP contribution >= 0.6 is 11.3 Å². The third kappa shape index (κ3) is 3.71. The lowest BCUT2D eigenvalue weighted by Crippen LogP contribution is -2.46. The van der Waals surface area contributed by atoms with Gasteiger partial charge in [0.05, 0.1) is 11.5 Å². The molecule has 0 spiro atoms. The number of aliphatic hydroxyl groups excluding tert-OH is 1. The molecule has 1 aromatic carbocycles. The first-order valence-electron chi connectivity index (χ1n) is 7.58. The van der Waals surface area contributed by atoms with Gasteiger partial charge in [-0.3, -0.25) is 4.79 Å². The van der Waals surface area contributed by atoms with Gasteiger partial charge in [0.25, 0.3) is 5.91 Å². The Bertz CT molecular complexity index is 700. The Balaban J connectivity index is 2.44. The fourth-order valence-electron chi connectivity index (χ4n) is 2.54. The summed E-state index contributed by atoms with van der Waals surface area (Å²) in [4.78, 5) is 13.2. The summed E-state index contributed by atoms with van der Waals surface area (Å²) in [6.07, 6.45) is 1.16. The highest BCUT2D eigenvalue weighted by Crippen LogP contribution is 2.34. The number of carbonyl (C=O) groups excluding carboxylic acids is 1. The highest BCUT2D eigenvalue weighted by atomic mass is 32.1. The maximum Gasteiger partial charge on any atom is 0.262 e. The molecule has 0 bridgehead atoms. The van der Waals surface area contributed by atoms with Gasteiger partial charge in [0, 0.05) is 34.9 Å². The summed E-state index contributed by atoms with van der Waals surface area (Å²) in [5.41, 5.74) is 0.0794. The van der Waals surface area contributed by atoms with E-state index < -0.39 is 5.54 Å². The normalized spacial score (nSPS) is 14.0. The van der Waals surface area contributed by atoms with Crippen molar-refractivity contribution in [1.29, 1.82) is 0 Å². The summed E-state index contributed by atoms with van der Waals surface area (Å²) in [7, 11) is 1.52. The molecule has 4 nitrogen and oxygen atoms in total. The van der Waals surface area contributed by atoms with Crippen LogP contribution in [0, 0.1) is 5.82 Å². The van der Waals surface area contributed by atoms with E-state index in [2.05, 4.69) is 5.32 Å². The van der Waals surface area contributed by atoms with E-state index in [9.17, 15) is 14.3 Å². The van der Waals surface area contributed by atoms with Gasteiger partial charge in [-0.1, -0.05) is 13.0 Å². The molecule has 2 aromatic rings. The number of nitrogens with one attached hydrogen (secondary N) is 1. The van der Waals surface area contributed by atoms with Crippen LogP contribution in [0.15, 0.2) is 18.2 Å². The third-order valence-corrected chi connectivity index (χ3v) is 5.31. The smallest absolute Gasteiger partial charge is 0.262 e. The Morgan fingerprint density at radius 2 is 2.22 bits per heavy atom. The summed E-state index contributed by atoms with van der Waals surface area (Å²) in [5.74, 6) is -0.603. The Labute approximate surface area is 139 Å². The van der Waals surface area contributed by atoms with Crippen LogP contribution in [0.5, 0.6) is 0 Å². The molecule has 6 heteroatoms. The minimum atomic E-state index is -0.495. The summed E-state index contributed by atoms with van der Waals surface area (Å²) in [6, 6.07) is 4.82. The van der Waals surface area contributed by atoms with E-state index in [4.69, 9.17) is 4.74 Å². The van der Waals surface area contributed by atoms with Crippen molar-refractivity contribution in [2.75, 3.05) is 13.7 Å². The number of thiophene rings is 1. The van der Waals surface area contributed by atoms with Crippen molar-refractivity contribution in [2.45, 2.75) is 38.8 Å². The number of benzene rings is 1. The van der Waals surface area contributed by atoms with Crippen LogP contribution in [0.1, 0.15) is 41.9 Å². The molecule has 0 aliphatic carbocycles. The number of hydrogen-bond donors (Lipinski definition) is 2. The zero-order valence-corrected chi connectivity index (χ0v) is 14.4. The lowest BCUT2D eigenvalue weighted by Gasteiger charge is -2.28. The number of rotatable bonds is 7. The first-order chi connectivity index (χ1) is 11.0. The Hall–Kier alpha value is -1.50. The molecule has 0 aliphatic rings. The summed E-state index contributed by atoms with van der Waals surface area (Å²) >= 11 is 1.26. The second kappa shape index (κ2) is 7.38. The SMILES string of the molecule is CCC(C)(CCO)NC(=O)c1sc2cccc(F)c2c1COC. The molecule has 126 valence electrons. The van der Waals surface area contributed by atoms with Crippen LogP contribution in [0.3, 0.4) is 0 Å². The van der Waals surface area contributed by atoms with Crippen molar-refractivity contribution < 1.29 is 19.0 Å². The topological polar surface area (TPSA) is 58.6 Å². The zero-order valence-electron chi connectivity index (χ0n) is 13.6. The molecule has 2 N–H and O–H groups in total. The van der Waals surface area contributed by atoms with E-state index in [1.165, 1.54) is 24.5 Å². The van der Waals surface area contributed by atoms with Crippen molar-refractivity contribution in [2.24, 2.45) is 0 Å². The van der Waals surface area contributed by atoms with Crippen LogP contribution < -0.4 is 5.32 Å². The largest absolute Gasteiger partial charge is 0.396 e. The number of methoxy groups -OCH3 is 1. The third-order valence-electron chi connectivity index (χ3n) is 4.12. The van der Waals surface area contributed by atoms with Gasteiger partial charge in [-0.2, -0.15) is 0 Å². The van der Waals surface area contributed by atoms with Crippen molar-refractivity contribution in [3.05, 3.63) is 34.5 Å². The molecule has 1 atom stereocenters. The quantitative estimate of drug-likeness (QED) is 0.812. The Morgan fingerprint density at radius 3 is 2.83 bits per heavy atom. The number of aliphatic hydroxyl groups is 1. The minimum absolute atomic E-state index is 0.00338. The molecule has 1 amide bonds.